The molecule has 0 atom stereocenters. The zero-order chi connectivity index (χ0) is 12.0. The second kappa shape index (κ2) is 8.75. The van der Waals surface area contributed by atoms with Crippen molar-refractivity contribution in [2.45, 2.75) is 6.92 Å². The molecule has 1 amide bonds. The van der Waals surface area contributed by atoms with Gasteiger partial charge in [-0.05, 0) is 24.7 Å². The van der Waals surface area contributed by atoms with E-state index in [2.05, 4.69) is 26.6 Å². The molecule has 0 aromatic heterocycles. The molecule has 0 saturated carbocycles. The number of carbonyl (C=O) groups excluding carboxylic acids is 1. The van der Waals surface area contributed by atoms with Gasteiger partial charge in [-0.1, -0.05) is 34.5 Å². The van der Waals surface area contributed by atoms with Crippen LogP contribution in [0.15, 0.2) is 22.7 Å². The fourth-order valence-electron chi connectivity index (χ4n) is 1.21. The number of halogens is 3. The summed E-state index contributed by atoms with van der Waals surface area (Å²) in [5.41, 5.74) is 0.493. The minimum Gasteiger partial charge on any atom is -0.351 e. The van der Waals surface area contributed by atoms with Gasteiger partial charge in [0.2, 0.25) is 0 Å². The van der Waals surface area contributed by atoms with Crippen molar-refractivity contribution in [2.75, 3.05) is 19.6 Å². The van der Waals surface area contributed by atoms with Gasteiger partial charge < -0.3 is 10.6 Å². The Morgan fingerprint density at radius 3 is 2.76 bits per heavy atom. The standard InChI is InChI=1S/C11H14BrClN2O.ClH/c1-2-14-5-6-15-11(16)9-7-8(12)3-4-10(9)13;/h3-4,7,14H,2,5-6H2,1H3,(H,15,16);1H. The van der Waals surface area contributed by atoms with Gasteiger partial charge in [0.05, 0.1) is 10.6 Å². The third-order valence-electron chi connectivity index (χ3n) is 2.01. The average Bonchev–Trinajstić information content (AvgIpc) is 2.27. The Bertz CT molecular complexity index is 374. The van der Waals surface area contributed by atoms with Crippen LogP contribution in [0, 0.1) is 0 Å². The summed E-state index contributed by atoms with van der Waals surface area (Å²) in [6, 6.07) is 5.22. The number of hydrogen-bond donors (Lipinski definition) is 2. The SMILES string of the molecule is CCNCCNC(=O)c1cc(Br)ccc1Cl.Cl. The fraction of sp³-hybridized carbons (Fsp3) is 0.364. The Morgan fingerprint density at radius 2 is 2.12 bits per heavy atom. The van der Waals surface area contributed by atoms with E-state index in [1.165, 1.54) is 0 Å². The summed E-state index contributed by atoms with van der Waals surface area (Å²) in [7, 11) is 0. The molecular formula is C11H15BrCl2N2O. The molecule has 0 fully saturated rings. The van der Waals surface area contributed by atoms with Crippen LogP contribution >= 0.6 is 39.9 Å². The fourth-order valence-corrected chi connectivity index (χ4v) is 1.77. The van der Waals surface area contributed by atoms with Crippen LogP contribution in [0.2, 0.25) is 5.02 Å². The highest BCUT2D eigenvalue weighted by Crippen LogP contribution is 2.20. The molecule has 0 aliphatic heterocycles. The smallest absolute Gasteiger partial charge is 0.252 e. The molecule has 0 heterocycles. The highest BCUT2D eigenvalue weighted by molar-refractivity contribution is 9.10. The Balaban J connectivity index is 0.00000256. The Morgan fingerprint density at radius 1 is 1.41 bits per heavy atom. The molecule has 2 N–H and O–H groups in total. The van der Waals surface area contributed by atoms with Gasteiger partial charge in [-0.2, -0.15) is 0 Å². The molecule has 1 aromatic carbocycles. The van der Waals surface area contributed by atoms with Crippen molar-refractivity contribution in [3.8, 4) is 0 Å². The topological polar surface area (TPSA) is 41.1 Å². The molecule has 0 aliphatic rings. The third kappa shape index (κ3) is 5.73. The first kappa shape index (κ1) is 16.7. The normalized spacial score (nSPS) is 9.59. The number of benzene rings is 1. The molecule has 1 rings (SSSR count). The molecule has 3 nitrogen and oxygen atoms in total. The van der Waals surface area contributed by atoms with Crippen molar-refractivity contribution in [1.82, 2.24) is 10.6 Å². The van der Waals surface area contributed by atoms with Gasteiger partial charge in [0.15, 0.2) is 0 Å². The number of hydrogen-bond acceptors (Lipinski definition) is 2. The van der Waals surface area contributed by atoms with E-state index in [1.54, 1.807) is 18.2 Å². The molecule has 0 spiro atoms. The van der Waals surface area contributed by atoms with Crippen LogP contribution in [-0.4, -0.2) is 25.5 Å². The zero-order valence-electron chi connectivity index (χ0n) is 9.43. The van der Waals surface area contributed by atoms with Gasteiger partial charge in [0.25, 0.3) is 5.91 Å². The quantitative estimate of drug-likeness (QED) is 0.808. The van der Waals surface area contributed by atoms with Crippen molar-refractivity contribution in [3.63, 3.8) is 0 Å². The van der Waals surface area contributed by atoms with Crippen molar-refractivity contribution in [2.24, 2.45) is 0 Å². The molecule has 1 aromatic rings. The monoisotopic (exact) mass is 340 g/mol. The molecular weight excluding hydrogens is 327 g/mol. The van der Waals surface area contributed by atoms with E-state index in [0.29, 0.717) is 17.1 Å². The van der Waals surface area contributed by atoms with Gasteiger partial charge in [-0.15, -0.1) is 12.4 Å². The van der Waals surface area contributed by atoms with E-state index in [-0.39, 0.29) is 18.3 Å². The van der Waals surface area contributed by atoms with Crippen molar-refractivity contribution in [3.05, 3.63) is 33.3 Å². The maximum atomic E-state index is 11.7. The van der Waals surface area contributed by atoms with E-state index in [4.69, 9.17) is 11.6 Å². The molecule has 0 saturated heterocycles. The Kier molecular flexibility index (Phi) is 8.60. The van der Waals surface area contributed by atoms with Crippen molar-refractivity contribution < 1.29 is 4.79 Å². The first-order valence-corrected chi connectivity index (χ1v) is 6.26. The molecule has 0 radical (unpaired) electrons. The minimum absolute atomic E-state index is 0. The third-order valence-corrected chi connectivity index (χ3v) is 2.83. The van der Waals surface area contributed by atoms with Crippen LogP contribution in [0.25, 0.3) is 0 Å². The predicted molar refractivity (Wildman–Crippen MR) is 77.3 cm³/mol. The number of rotatable bonds is 5. The summed E-state index contributed by atoms with van der Waals surface area (Å²) in [5.74, 6) is -0.149. The maximum Gasteiger partial charge on any atom is 0.252 e. The first-order valence-electron chi connectivity index (χ1n) is 5.09. The van der Waals surface area contributed by atoms with Crippen LogP contribution < -0.4 is 10.6 Å². The summed E-state index contributed by atoms with van der Waals surface area (Å²) >= 11 is 9.24. The largest absolute Gasteiger partial charge is 0.351 e. The van der Waals surface area contributed by atoms with Crippen LogP contribution in [0.1, 0.15) is 17.3 Å². The Labute approximate surface area is 121 Å². The lowest BCUT2D eigenvalue weighted by Gasteiger charge is -2.07. The summed E-state index contributed by atoms with van der Waals surface area (Å²) < 4.78 is 0.841. The van der Waals surface area contributed by atoms with E-state index in [1.807, 2.05) is 6.92 Å². The molecule has 6 heteroatoms. The average molecular weight is 342 g/mol. The lowest BCUT2D eigenvalue weighted by atomic mass is 10.2. The van der Waals surface area contributed by atoms with Crippen LogP contribution in [0.3, 0.4) is 0 Å². The Hall–Kier alpha value is -0.290. The van der Waals surface area contributed by atoms with Crippen LogP contribution in [0.4, 0.5) is 0 Å². The molecule has 96 valence electrons. The van der Waals surface area contributed by atoms with Gasteiger partial charge in [0, 0.05) is 17.6 Å². The summed E-state index contributed by atoms with van der Waals surface area (Å²) in [6.07, 6.45) is 0. The number of nitrogens with one attached hydrogen (secondary N) is 2. The van der Waals surface area contributed by atoms with Crippen LogP contribution in [-0.2, 0) is 0 Å². The van der Waals surface area contributed by atoms with Gasteiger partial charge in [0.1, 0.15) is 0 Å². The molecule has 0 aliphatic carbocycles. The number of amides is 1. The van der Waals surface area contributed by atoms with Gasteiger partial charge in [-0.3, -0.25) is 4.79 Å². The van der Waals surface area contributed by atoms with Gasteiger partial charge >= 0.3 is 0 Å². The second-order valence-electron chi connectivity index (χ2n) is 3.23. The van der Waals surface area contributed by atoms with E-state index in [0.717, 1.165) is 17.6 Å². The van der Waals surface area contributed by atoms with Crippen molar-refractivity contribution >= 4 is 45.8 Å². The van der Waals surface area contributed by atoms with Crippen LogP contribution in [0.5, 0.6) is 0 Å². The highest BCUT2D eigenvalue weighted by Gasteiger charge is 2.09. The maximum absolute atomic E-state index is 11.7. The van der Waals surface area contributed by atoms with Gasteiger partial charge in [-0.25, -0.2) is 0 Å². The highest BCUT2D eigenvalue weighted by atomic mass is 79.9. The molecule has 0 unspecified atom stereocenters. The molecule has 17 heavy (non-hydrogen) atoms. The lowest BCUT2D eigenvalue weighted by molar-refractivity contribution is 0.0954. The van der Waals surface area contributed by atoms with E-state index in [9.17, 15) is 4.79 Å². The summed E-state index contributed by atoms with van der Waals surface area (Å²) in [4.78, 5) is 11.7. The lowest BCUT2D eigenvalue weighted by Crippen LogP contribution is -2.31. The second-order valence-corrected chi connectivity index (χ2v) is 4.56. The number of likely N-dealkylation sites (N-methyl/N-ethyl adjacent to an activating group) is 1. The van der Waals surface area contributed by atoms with E-state index < -0.39 is 0 Å². The minimum atomic E-state index is -0.149. The van der Waals surface area contributed by atoms with E-state index >= 15 is 0 Å². The van der Waals surface area contributed by atoms with Crippen molar-refractivity contribution in [1.29, 1.82) is 0 Å². The number of carbonyl (C=O) groups is 1. The summed E-state index contributed by atoms with van der Waals surface area (Å²) in [6.45, 7) is 4.27. The predicted octanol–water partition coefficient (Wildman–Crippen LogP) is 2.86. The zero-order valence-corrected chi connectivity index (χ0v) is 12.6. The summed E-state index contributed by atoms with van der Waals surface area (Å²) in [5, 5.41) is 6.38. The first-order chi connectivity index (χ1) is 7.65. The molecule has 0 bridgehead atoms.